The number of alkyl halides is 1. The maximum atomic E-state index is 14.6. The Kier molecular flexibility index (Phi) is 15.0. The molecule has 2 unspecified atom stereocenters. The van der Waals surface area contributed by atoms with E-state index in [9.17, 15) is 41.4 Å². The molecule has 0 aliphatic carbocycles. The number of nitrogens with zero attached hydrogens (tertiary/aromatic N) is 3. The van der Waals surface area contributed by atoms with Gasteiger partial charge in [-0.15, -0.1) is 0 Å². The van der Waals surface area contributed by atoms with E-state index in [4.69, 9.17) is 9.84 Å². The molecule has 1 aliphatic heterocycles. The van der Waals surface area contributed by atoms with Gasteiger partial charge in [0.05, 0.1) is 19.8 Å². The predicted octanol–water partition coefficient (Wildman–Crippen LogP) is 3.90. The fourth-order valence-electron chi connectivity index (χ4n) is 4.58. The van der Waals surface area contributed by atoms with Crippen LogP contribution >= 0.6 is 0 Å². The Morgan fingerprint density at radius 1 is 1.11 bits per heavy atom. The first kappa shape index (κ1) is 37.6. The van der Waals surface area contributed by atoms with E-state index >= 15 is 0 Å². The minimum absolute atomic E-state index is 0.0152. The molecule has 2 atom stereocenters. The van der Waals surface area contributed by atoms with Crippen LogP contribution in [-0.2, 0) is 9.59 Å². The Morgan fingerprint density at radius 2 is 1.72 bits per heavy atom. The van der Waals surface area contributed by atoms with Gasteiger partial charge in [-0.2, -0.15) is 0 Å². The predicted molar refractivity (Wildman–Crippen MR) is 159 cm³/mol. The second kappa shape index (κ2) is 18.4. The molecule has 1 aromatic heterocycles. The highest BCUT2D eigenvalue weighted by atomic mass is 19.1. The van der Waals surface area contributed by atoms with Gasteiger partial charge in [0, 0.05) is 62.7 Å². The lowest BCUT2D eigenvalue weighted by Gasteiger charge is -2.28. The summed E-state index contributed by atoms with van der Waals surface area (Å²) in [6, 6.07) is 9.55. The van der Waals surface area contributed by atoms with Crippen LogP contribution in [0.1, 0.15) is 41.1 Å². The van der Waals surface area contributed by atoms with Crippen LogP contribution in [0.3, 0.4) is 0 Å². The Balaban J connectivity index is 0.000000437. The number of aliphatic hydroxyl groups excluding tert-OH is 2. The molecule has 0 saturated carbocycles. The minimum Gasteiger partial charge on any atom is -0.497 e. The van der Waals surface area contributed by atoms with Crippen LogP contribution in [0.2, 0.25) is 0 Å². The van der Waals surface area contributed by atoms with Crippen LogP contribution < -0.4 is 19.9 Å². The monoisotopic (exact) mass is 654 g/mol. The van der Waals surface area contributed by atoms with Gasteiger partial charge < -0.3 is 30.0 Å². The number of likely N-dealkylation sites (N-methyl/N-ethyl adjacent to an activating group) is 1. The third kappa shape index (κ3) is 9.94. The van der Waals surface area contributed by atoms with Crippen LogP contribution in [0.5, 0.6) is 5.75 Å². The zero-order valence-electron chi connectivity index (χ0n) is 25.4. The number of benzene rings is 2. The number of aldehydes is 1. The molecule has 250 valence electrons. The summed E-state index contributed by atoms with van der Waals surface area (Å²) in [7, 11) is 4.45. The number of hydrogen-bond acceptors (Lipinski definition) is 8. The molecule has 1 saturated heterocycles. The smallest absolute Gasteiger partial charge is 0.251 e. The molecule has 3 N–H and O–H groups in total. The number of aliphatic hydroxyl groups is 2. The number of amides is 2. The third-order valence-corrected chi connectivity index (χ3v) is 6.96. The van der Waals surface area contributed by atoms with E-state index in [1.807, 2.05) is 0 Å². The molecule has 4 rings (SSSR count). The fraction of sp³-hybridized carbons (Fsp3) is 0.355. The van der Waals surface area contributed by atoms with Crippen LogP contribution in [0.4, 0.5) is 33.6 Å². The molecule has 46 heavy (non-hydrogen) atoms. The Bertz CT molecular complexity index is 1440. The van der Waals surface area contributed by atoms with Crippen LogP contribution in [-0.4, -0.2) is 80.6 Å². The number of ether oxygens (including phenoxy) is 1. The number of hydrogen-bond donors (Lipinski definition) is 3. The summed E-state index contributed by atoms with van der Waals surface area (Å²) < 4.78 is 70.6. The van der Waals surface area contributed by atoms with E-state index < -0.39 is 42.2 Å². The molecule has 0 spiro atoms. The zero-order valence-corrected chi connectivity index (χ0v) is 25.4. The van der Waals surface area contributed by atoms with E-state index in [2.05, 4.69) is 10.3 Å². The average molecular weight is 655 g/mol. The second-order valence-electron chi connectivity index (χ2n) is 9.78. The van der Waals surface area contributed by atoms with Crippen molar-refractivity contribution in [3.8, 4) is 5.75 Å². The summed E-state index contributed by atoms with van der Waals surface area (Å²) in [6.07, 6.45) is 1.13. The first-order valence-corrected chi connectivity index (χ1v) is 13.9. The Hall–Kier alpha value is -4.63. The number of carbonyl (C=O) groups excluding carboxylic acids is 3. The van der Waals surface area contributed by atoms with Crippen molar-refractivity contribution < 1.29 is 51.3 Å². The fourth-order valence-corrected chi connectivity index (χ4v) is 4.58. The second-order valence-corrected chi connectivity index (χ2v) is 9.78. The number of anilines is 2. The lowest BCUT2D eigenvalue weighted by atomic mass is 9.97. The van der Waals surface area contributed by atoms with Crippen LogP contribution in [0.15, 0.2) is 48.5 Å². The molecular formula is C31H35F5N4O6. The summed E-state index contributed by atoms with van der Waals surface area (Å²) in [5.74, 6) is -4.30. The highest BCUT2D eigenvalue weighted by molar-refractivity contribution is 5.96. The summed E-state index contributed by atoms with van der Waals surface area (Å²) in [5.41, 5.74) is 0.207. The number of rotatable bonds is 10. The summed E-state index contributed by atoms with van der Waals surface area (Å²) in [6.45, 7) is -1.65. The molecule has 1 fully saturated rings. The van der Waals surface area contributed by atoms with Gasteiger partial charge in [0.2, 0.25) is 5.91 Å². The van der Waals surface area contributed by atoms with Crippen molar-refractivity contribution in [2.45, 2.75) is 31.2 Å². The summed E-state index contributed by atoms with van der Waals surface area (Å²) >= 11 is 0. The van der Waals surface area contributed by atoms with Gasteiger partial charge >= 0.3 is 0 Å². The van der Waals surface area contributed by atoms with Gasteiger partial charge in [-0.1, -0.05) is 0 Å². The highest BCUT2D eigenvalue weighted by Crippen LogP contribution is 2.36. The minimum atomic E-state index is -1.25. The number of carbonyl (C=O) groups is 3. The van der Waals surface area contributed by atoms with Crippen molar-refractivity contribution in [2.75, 3.05) is 51.0 Å². The molecule has 2 amide bonds. The molecule has 10 nitrogen and oxygen atoms in total. The van der Waals surface area contributed by atoms with Crippen molar-refractivity contribution in [2.24, 2.45) is 0 Å². The number of methoxy groups -OCH3 is 1. The van der Waals surface area contributed by atoms with E-state index in [0.717, 1.165) is 29.4 Å². The van der Waals surface area contributed by atoms with Gasteiger partial charge in [-0.25, -0.2) is 26.9 Å². The molecule has 0 radical (unpaired) electrons. The van der Waals surface area contributed by atoms with Crippen LogP contribution in [0, 0.1) is 23.3 Å². The van der Waals surface area contributed by atoms with Crippen molar-refractivity contribution in [1.29, 1.82) is 0 Å². The normalized spacial score (nSPS) is 14.3. The van der Waals surface area contributed by atoms with E-state index in [-0.39, 0.29) is 60.7 Å². The quantitative estimate of drug-likeness (QED) is 0.222. The van der Waals surface area contributed by atoms with Crippen LogP contribution in [0.25, 0.3) is 0 Å². The molecule has 1 aliphatic rings. The molecule has 3 aromatic rings. The molecular weight excluding hydrogens is 619 g/mol. The van der Waals surface area contributed by atoms with Crippen molar-refractivity contribution >= 4 is 29.7 Å². The number of pyridine rings is 1. The molecule has 2 aromatic carbocycles. The number of nitrogens with one attached hydrogen (secondary N) is 1. The standard InChI is InChI=1S/C22H24F3N3O4.C8H8FNO.CH3FO/c1-27(14(12-30)4-3-7-29)19-6-5-16(23)22(26-19)28-11-13(8-20(28)31)21-17(24)9-15(32-2)10-18(21)25;1-10-8(11)6-2-4-7(9)5-3-6;2-1-3/h5-7,9-10,13-14,30H,3-4,8,11-12H2,1-2H3;2-5H,1H3,(H,10,11);3H,1H2. The van der Waals surface area contributed by atoms with Gasteiger partial charge in [-0.05, 0) is 42.8 Å². The summed E-state index contributed by atoms with van der Waals surface area (Å²) in [4.78, 5) is 41.1. The largest absolute Gasteiger partial charge is 0.497 e. The van der Waals surface area contributed by atoms with Crippen molar-refractivity contribution in [3.63, 3.8) is 0 Å². The number of aromatic nitrogens is 1. The van der Waals surface area contributed by atoms with Gasteiger partial charge in [-0.3, -0.25) is 14.5 Å². The lowest BCUT2D eigenvalue weighted by molar-refractivity contribution is -0.117. The summed E-state index contributed by atoms with van der Waals surface area (Å²) in [5, 5.41) is 19.0. The maximum Gasteiger partial charge on any atom is 0.251 e. The first-order valence-electron chi connectivity index (χ1n) is 13.9. The molecule has 2 heterocycles. The topological polar surface area (TPSA) is 132 Å². The van der Waals surface area contributed by atoms with E-state index in [1.54, 1.807) is 11.9 Å². The third-order valence-electron chi connectivity index (χ3n) is 6.96. The van der Waals surface area contributed by atoms with E-state index in [0.29, 0.717) is 12.0 Å². The maximum absolute atomic E-state index is 14.6. The first-order chi connectivity index (χ1) is 21.9. The van der Waals surface area contributed by atoms with Gasteiger partial charge in [0.15, 0.2) is 18.5 Å². The lowest BCUT2D eigenvalue weighted by Crippen LogP contribution is -2.36. The van der Waals surface area contributed by atoms with Crippen molar-refractivity contribution in [1.82, 2.24) is 10.3 Å². The Labute approximate surface area is 262 Å². The number of halogens is 5. The van der Waals surface area contributed by atoms with Gasteiger partial charge in [0.1, 0.15) is 35.3 Å². The highest BCUT2D eigenvalue weighted by Gasteiger charge is 2.37. The molecule has 0 bridgehead atoms. The van der Waals surface area contributed by atoms with Gasteiger partial charge in [0.25, 0.3) is 5.91 Å². The van der Waals surface area contributed by atoms with E-state index in [1.165, 1.54) is 44.5 Å². The SMILES string of the molecule is CNC(=O)c1ccc(F)cc1.COc1cc(F)c(C2CC(=O)N(c3nc(N(C)C(CO)CCC=O)ccc3F)C2)c(F)c1.OCF. The zero-order chi connectivity index (χ0) is 34.4. The van der Waals surface area contributed by atoms with Crippen molar-refractivity contribution in [3.05, 3.63) is 82.9 Å². The molecule has 15 heteroatoms. The Morgan fingerprint density at radius 3 is 2.24 bits per heavy atom. The average Bonchev–Trinajstić information content (AvgIpc) is 3.42.